The van der Waals surface area contributed by atoms with Gasteiger partial charge in [-0.3, -0.25) is 0 Å². The maximum Gasteiger partial charge on any atom is 0.00725 e. The monoisotopic (exact) mass is 435 g/mol. The molecule has 164 valence electrons. The first kappa shape index (κ1) is 28.2. The summed E-state index contributed by atoms with van der Waals surface area (Å²) >= 11 is 2.02. The second-order valence-electron chi connectivity index (χ2n) is 7.93. The van der Waals surface area contributed by atoms with Gasteiger partial charge in [-0.05, 0) is 68.9 Å². The lowest BCUT2D eigenvalue weighted by molar-refractivity contribution is 0.327. The number of hydrogen-bond acceptors (Lipinski definition) is 2. The molecule has 0 aromatic rings. The quantitative estimate of drug-likeness (QED) is 0.169. The number of nitrogens with zero attached hydrogens (tertiary/aromatic N) is 1. The van der Waals surface area contributed by atoms with Gasteiger partial charge in [-0.15, -0.1) is 15.8 Å². The average Bonchev–Trinajstić information content (AvgIpc) is 2.69. The van der Waals surface area contributed by atoms with Crippen LogP contribution in [-0.2, 0) is 0 Å². The molecule has 0 aromatic carbocycles. The molecule has 0 radical (unpaired) electrons. The fourth-order valence-corrected chi connectivity index (χ4v) is 9.29. The molecule has 4 heteroatoms. The lowest BCUT2D eigenvalue weighted by Crippen LogP contribution is -2.32. The summed E-state index contributed by atoms with van der Waals surface area (Å²) in [7, 11) is 0.584. The van der Waals surface area contributed by atoms with E-state index in [2.05, 4.69) is 38.9 Å². The van der Waals surface area contributed by atoms with Crippen molar-refractivity contribution in [3.8, 4) is 0 Å². The van der Waals surface area contributed by atoms with Crippen LogP contribution in [0.4, 0.5) is 0 Å². The van der Waals surface area contributed by atoms with E-state index in [-0.39, 0.29) is 0 Å². The maximum absolute atomic E-state index is 2.84. The van der Waals surface area contributed by atoms with Gasteiger partial charge < -0.3 is 4.90 Å². The summed E-state index contributed by atoms with van der Waals surface area (Å²) in [6, 6.07) is 0. The molecule has 0 unspecified atom stereocenters. The SMILES string of the molecule is CCCCP(CCCC)CCN(CCSC)CCP(CCCC)CCCC. The molecule has 0 fully saturated rings. The number of hydrogen-bond donors (Lipinski definition) is 0. The van der Waals surface area contributed by atoms with Crippen LogP contribution in [0.3, 0.4) is 0 Å². The highest BCUT2D eigenvalue weighted by Gasteiger charge is 2.13. The van der Waals surface area contributed by atoms with Crippen LogP contribution in [0.5, 0.6) is 0 Å². The lowest BCUT2D eigenvalue weighted by atomic mass is 10.4. The number of rotatable bonds is 21. The smallest absolute Gasteiger partial charge is 0.00725 e. The Morgan fingerprint density at radius 2 is 0.926 bits per heavy atom. The molecule has 0 saturated heterocycles. The van der Waals surface area contributed by atoms with E-state index in [0.717, 1.165) is 0 Å². The van der Waals surface area contributed by atoms with E-state index in [9.17, 15) is 0 Å². The van der Waals surface area contributed by atoms with Gasteiger partial charge in [0.1, 0.15) is 0 Å². The fourth-order valence-electron chi connectivity index (χ4n) is 3.32. The summed E-state index contributed by atoms with van der Waals surface area (Å²) in [5, 5.41) is 0. The van der Waals surface area contributed by atoms with Crippen molar-refractivity contribution >= 4 is 27.6 Å². The van der Waals surface area contributed by atoms with E-state index in [1.165, 1.54) is 114 Å². The zero-order chi connectivity index (χ0) is 20.2. The molecule has 0 aliphatic heterocycles. The summed E-state index contributed by atoms with van der Waals surface area (Å²) in [4.78, 5) is 2.84. The highest BCUT2D eigenvalue weighted by Crippen LogP contribution is 2.39. The molecule has 0 aliphatic rings. The van der Waals surface area contributed by atoms with Crippen LogP contribution in [0.2, 0.25) is 0 Å². The van der Waals surface area contributed by atoms with Crippen LogP contribution >= 0.6 is 27.6 Å². The molecule has 0 bridgehead atoms. The maximum atomic E-state index is 2.84. The van der Waals surface area contributed by atoms with Crippen molar-refractivity contribution in [2.24, 2.45) is 0 Å². The van der Waals surface area contributed by atoms with E-state index in [1.807, 2.05) is 11.8 Å². The van der Waals surface area contributed by atoms with Crippen molar-refractivity contribution in [1.82, 2.24) is 4.90 Å². The Bertz CT molecular complexity index is 252. The molecular weight excluding hydrogens is 384 g/mol. The molecule has 0 aliphatic carbocycles. The lowest BCUT2D eigenvalue weighted by Gasteiger charge is -2.27. The van der Waals surface area contributed by atoms with Crippen LogP contribution in [0.15, 0.2) is 0 Å². The van der Waals surface area contributed by atoms with Crippen molar-refractivity contribution in [3.05, 3.63) is 0 Å². The van der Waals surface area contributed by atoms with E-state index in [0.29, 0.717) is 15.8 Å². The fraction of sp³-hybridized carbons (Fsp3) is 1.00. The molecule has 0 amide bonds. The van der Waals surface area contributed by atoms with Gasteiger partial charge >= 0.3 is 0 Å². The molecular formula is C23H51NP2S. The molecule has 27 heavy (non-hydrogen) atoms. The minimum absolute atomic E-state index is 0.292. The first-order chi connectivity index (χ1) is 13.2. The van der Waals surface area contributed by atoms with Crippen molar-refractivity contribution < 1.29 is 0 Å². The minimum atomic E-state index is 0.292. The predicted molar refractivity (Wildman–Crippen MR) is 137 cm³/mol. The summed E-state index contributed by atoms with van der Waals surface area (Å²) in [5.41, 5.74) is 0. The first-order valence-corrected chi connectivity index (χ1v) is 17.1. The summed E-state index contributed by atoms with van der Waals surface area (Å²) < 4.78 is 0. The van der Waals surface area contributed by atoms with E-state index < -0.39 is 0 Å². The van der Waals surface area contributed by atoms with E-state index in [1.54, 1.807) is 0 Å². The topological polar surface area (TPSA) is 3.24 Å². The third-order valence-electron chi connectivity index (χ3n) is 5.39. The summed E-state index contributed by atoms with van der Waals surface area (Å²) in [6.07, 6.45) is 22.7. The van der Waals surface area contributed by atoms with Gasteiger partial charge in [0.05, 0.1) is 0 Å². The summed E-state index contributed by atoms with van der Waals surface area (Å²) in [5.74, 6) is 1.31. The Morgan fingerprint density at radius 1 is 0.556 bits per heavy atom. The Morgan fingerprint density at radius 3 is 1.22 bits per heavy atom. The minimum Gasteiger partial charge on any atom is -0.302 e. The molecule has 0 rings (SSSR count). The van der Waals surface area contributed by atoms with Crippen molar-refractivity contribution in [3.63, 3.8) is 0 Å². The Hall–Kier alpha value is 1.17. The predicted octanol–water partition coefficient (Wildman–Crippen LogP) is 7.82. The van der Waals surface area contributed by atoms with Crippen molar-refractivity contribution in [2.45, 2.75) is 79.1 Å². The molecule has 1 nitrogen and oxygen atoms in total. The molecule has 0 atom stereocenters. The molecule has 0 spiro atoms. The molecule has 0 saturated carbocycles. The van der Waals surface area contributed by atoms with Gasteiger partial charge in [0.15, 0.2) is 0 Å². The highest BCUT2D eigenvalue weighted by atomic mass is 32.2. The summed E-state index contributed by atoms with van der Waals surface area (Å²) in [6.45, 7) is 13.5. The average molecular weight is 436 g/mol. The largest absolute Gasteiger partial charge is 0.302 e. The van der Waals surface area contributed by atoms with Crippen LogP contribution in [-0.4, -0.2) is 73.5 Å². The van der Waals surface area contributed by atoms with Gasteiger partial charge in [0.2, 0.25) is 0 Å². The van der Waals surface area contributed by atoms with Gasteiger partial charge in [-0.1, -0.05) is 53.4 Å². The Balaban J connectivity index is 4.49. The van der Waals surface area contributed by atoms with Crippen LogP contribution in [0.1, 0.15) is 79.1 Å². The van der Waals surface area contributed by atoms with Gasteiger partial charge in [-0.2, -0.15) is 11.8 Å². The standard InChI is InChI=1S/C23H51NP2S/c1-6-10-17-25(18-11-7-2)21-14-24(16-23-27-5)15-22-26(19-12-8-3)20-13-9-4/h6-23H2,1-5H3. The first-order valence-electron chi connectivity index (χ1n) is 11.9. The number of unbranched alkanes of at least 4 members (excludes halogenated alkanes) is 4. The van der Waals surface area contributed by atoms with Crippen molar-refractivity contribution in [2.75, 3.05) is 68.6 Å². The highest BCUT2D eigenvalue weighted by molar-refractivity contribution is 7.98. The third kappa shape index (κ3) is 17.7. The van der Waals surface area contributed by atoms with Gasteiger partial charge in [-0.25, -0.2) is 0 Å². The van der Waals surface area contributed by atoms with Crippen LogP contribution < -0.4 is 0 Å². The molecule has 0 N–H and O–H groups in total. The number of thioether (sulfide) groups is 1. The van der Waals surface area contributed by atoms with Crippen LogP contribution in [0, 0.1) is 0 Å². The second-order valence-corrected chi connectivity index (χ2v) is 14.3. The molecule has 0 aromatic heterocycles. The molecule has 0 heterocycles. The van der Waals surface area contributed by atoms with Gasteiger partial charge in [0, 0.05) is 25.4 Å². The third-order valence-corrected chi connectivity index (χ3v) is 11.4. The zero-order valence-corrected chi connectivity index (χ0v) is 22.1. The van der Waals surface area contributed by atoms with Crippen LogP contribution in [0.25, 0.3) is 0 Å². The Kier molecular flexibility index (Phi) is 22.8. The van der Waals surface area contributed by atoms with Gasteiger partial charge in [0.25, 0.3) is 0 Å². The van der Waals surface area contributed by atoms with E-state index in [4.69, 9.17) is 0 Å². The normalized spacial score (nSPS) is 12.0. The second kappa shape index (κ2) is 21.9. The Labute approximate surface area is 180 Å². The van der Waals surface area contributed by atoms with Crippen molar-refractivity contribution in [1.29, 1.82) is 0 Å². The van der Waals surface area contributed by atoms with E-state index >= 15 is 0 Å². The zero-order valence-electron chi connectivity index (χ0n) is 19.5.